The molecule has 0 aromatic rings. The minimum absolute atomic E-state index is 0.803. The summed E-state index contributed by atoms with van der Waals surface area (Å²) >= 11 is 0. The first-order chi connectivity index (χ1) is 7.41. The molecule has 0 N–H and O–H groups in total. The molecule has 0 rings (SSSR count). The second kappa shape index (κ2) is 13.9. The topological polar surface area (TPSA) is 18.5 Å². The van der Waals surface area contributed by atoms with Crippen LogP contribution in [0.25, 0.3) is 0 Å². The Hall–Kier alpha value is -0.0800. The number of hydrogen-bond acceptors (Lipinski definition) is 2. The largest absolute Gasteiger partial charge is 0.381 e. The lowest BCUT2D eigenvalue weighted by Crippen LogP contribution is -1.99. The summed E-state index contributed by atoms with van der Waals surface area (Å²) < 4.78 is 10.8. The zero-order chi connectivity index (χ0) is 11.2. The van der Waals surface area contributed by atoms with Gasteiger partial charge in [0.05, 0.1) is 6.61 Å². The fourth-order valence-electron chi connectivity index (χ4n) is 1.29. The van der Waals surface area contributed by atoms with Crippen LogP contribution in [0.1, 0.15) is 58.8 Å². The third kappa shape index (κ3) is 13.9. The van der Waals surface area contributed by atoms with Crippen LogP contribution in [0.15, 0.2) is 0 Å². The van der Waals surface area contributed by atoms with E-state index in [0.717, 1.165) is 26.2 Å². The van der Waals surface area contributed by atoms with E-state index in [0.29, 0.717) is 0 Å². The fourth-order valence-corrected chi connectivity index (χ4v) is 1.29. The normalized spacial score (nSPS) is 10.8. The van der Waals surface area contributed by atoms with Crippen LogP contribution in [0, 0.1) is 6.61 Å². The molecule has 0 atom stereocenters. The molecule has 0 aliphatic carbocycles. The molecule has 0 bridgehead atoms. The van der Waals surface area contributed by atoms with Crippen LogP contribution in [0.3, 0.4) is 0 Å². The van der Waals surface area contributed by atoms with Crippen LogP contribution >= 0.6 is 0 Å². The van der Waals surface area contributed by atoms with Crippen molar-refractivity contribution in [2.45, 2.75) is 58.8 Å². The van der Waals surface area contributed by atoms with E-state index in [1.54, 1.807) is 0 Å². The summed E-state index contributed by atoms with van der Waals surface area (Å²) in [7, 11) is 0. The predicted octanol–water partition coefficient (Wildman–Crippen LogP) is 3.95. The van der Waals surface area contributed by atoms with Gasteiger partial charge in [0.15, 0.2) is 0 Å². The van der Waals surface area contributed by atoms with Crippen molar-refractivity contribution in [2.75, 3.05) is 19.8 Å². The smallest absolute Gasteiger partial charge is 0.0859 e. The van der Waals surface area contributed by atoms with Gasteiger partial charge in [0, 0.05) is 19.8 Å². The third-order valence-electron chi connectivity index (χ3n) is 2.26. The van der Waals surface area contributed by atoms with Crippen molar-refractivity contribution in [3.8, 4) is 0 Å². The Labute approximate surface area is 95.3 Å². The van der Waals surface area contributed by atoms with Crippen LogP contribution < -0.4 is 0 Å². The molecule has 1 radical (unpaired) electrons. The summed E-state index contributed by atoms with van der Waals surface area (Å²) in [5.74, 6) is 0. The zero-order valence-corrected chi connectivity index (χ0v) is 10.5. The number of rotatable bonds is 12. The summed E-state index contributed by atoms with van der Waals surface area (Å²) in [5.41, 5.74) is 0. The molecule has 0 aromatic heterocycles. The third-order valence-corrected chi connectivity index (χ3v) is 2.26. The Balaban J connectivity index is 2.81. The lowest BCUT2D eigenvalue weighted by molar-refractivity contribution is 0.109. The van der Waals surface area contributed by atoms with Gasteiger partial charge in [-0.25, -0.2) is 0 Å². The van der Waals surface area contributed by atoms with Crippen molar-refractivity contribution in [1.29, 1.82) is 0 Å². The highest BCUT2D eigenvalue weighted by molar-refractivity contribution is 4.50. The predicted molar refractivity (Wildman–Crippen MR) is 64.7 cm³/mol. The van der Waals surface area contributed by atoms with Crippen molar-refractivity contribution in [3.05, 3.63) is 6.61 Å². The van der Waals surface area contributed by atoms with Crippen molar-refractivity contribution >= 4 is 0 Å². The quantitative estimate of drug-likeness (QED) is 0.459. The van der Waals surface area contributed by atoms with E-state index in [4.69, 9.17) is 9.47 Å². The van der Waals surface area contributed by atoms with Gasteiger partial charge in [-0.15, -0.1) is 0 Å². The van der Waals surface area contributed by atoms with Gasteiger partial charge in [-0.2, -0.15) is 0 Å². The lowest BCUT2D eigenvalue weighted by Gasteiger charge is -2.04. The first-order valence-electron chi connectivity index (χ1n) is 6.42. The molecular weight excluding hydrogens is 188 g/mol. The Morgan fingerprint density at radius 3 is 2.13 bits per heavy atom. The fraction of sp³-hybridized carbons (Fsp3) is 0.923. The second-order valence-electron chi connectivity index (χ2n) is 3.85. The van der Waals surface area contributed by atoms with Crippen LogP contribution in [0.5, 0.6) is 0 Å². The van der Waals surface area contributed by atoms with Crippen molar-refractivity contribution in [2.24, 2.45) is 0 Å². The molecule has 0 unspecified atom stereocenters. The van der Waals surface area contributed by atoms with Crippen molar-refractivity contribution < 1.29 is 9.47 Å². The van der Waals surface area contributed by atoms with E-state index in [1.165, 1.54) is 38.5 Å². The highest BCUT2D eigenvalue weighted by Gasteiger charge is 1.92. The standard InChI is InChI=1S/C13H27O2/c1-3-5-7-10-14-12-9-13-15-11-8-6-4-2/h12H,3-11,13H2,1-2H3. The van der Waals surface area contributed by atoms with Gasteiger partial charge >= 0.3 is 0 Å². The minimum atomic E-state index is 0.803. The second-order valence-corrected chi connectivity index (χ2v) is 3.85. The van der Waals surface area contributed by atoms with Gasteiger partial charge in [0.1, 0.15) is 0 Å². The van der Waals surface area contributed by atoms with Gasteiger partial charge in [0.25, 0.3) is 0 Å². The van der Waals surface area contributed by atoms with Crippen LogP contribution in [-0.2, 0) is 9.47 Å². The SMILES string of the molecule is CCCCCO[CH]CCOCCCCC. The van der Waals surface area contributed by atoms with Gasteiger partial charge in [-0.1, -0.05) is 39.5 Å². The monoisotopic (exact) mass is 215 g/mol. The molecule has 15 heavy (non-hydrogen) atoms. The van der Waals surface area contributed by atoms with Crippen LogP contribution in [-0.4, -0.2) is 19.8 Å². The molecule has 0 aliphatic heterocycles. The molecular formula is C13H27O2. The number of ether oxygens (including phenoxy) is 2. The number of unbranched alkanes of at least 4 members (excludes halogenated alkanes) is 4. The van der Waals surface area contributed by atoms with Gasteiger partial charge < -0.3 is 9.47 Å². The Kier molecular flexibility index (Phi) is 13.8. The zero-order valence-electron chi connectivity index (χ0n) is 10.5. The van der Waals surface area contributed by atoms with E-state index in [1.807, 2.05) is 6.61 Å². The Morgan fingerprint density at radius 2 is 1.47 bits per heavy atom. The summed E-state index contributed by atoms with van der Waals surface area (Å²) in [5, 5.41) is 0. The lowest BCUT2D eigenvalue weighted by atomic mass is 10.3. The average Bonchev–Trinajstić information content (AvgIpc) is 2.26. The molecule has 0 fully saturated rings. The van der Waals surface area contributed by atoms with E-state index < -0.39 is 0 Å². The van der Waals surface area contributed by atoms with Gasteiger partial charge in [0.2, 0.25) is 0 Å². The molecule has 0 amide bonds. The van der Waals surface area contributed by atoms with Gasteiger partial charge in [-0.3, -0.25) is 0 Å². The Bertz CT molecular complexity index is 92.7. The van der Waals surface area contributed by atoms with E-state index in [9.17, 15) is 0 Å². The first kappa shape index (κ1) is 14.9. The molecule has 2 nitrogen and oxygen atoms in total. The summed E-state index contributed by atoms with van der Waals surface area (Å²) in [4.78, 5) is 0. The molecule has 0 heterocycles. The van der Waals surface area contributed by atoms with Crippen molar-refractivity contribution in [3.63, 3.8) is 0 Å². The maximum Gasteiger partial charge on any atom is 0.0859 e. The van der Waals surface area contributed by atoms with Crippen LogP contribution in [0.4, 0.5) is 0 Å². The minimum Gasteiger partial charge on any atom is -0.381 e. The van der Waals surface area contributed by atoms with E-state index in [-0.39, 0.29) is 0 Å². The summed E-state index contributed by atoms with van der Waals surface area (Å²) in [6, 6.07) is 0. The average molecular weight is 215 g/mol. The van der Waals surface area contributed by atoms with E-state index in [2.05, 4.69) is 13.8 Å². The summed E-state index contributed by atoms with van der Waals surface area (Å²) in [6.45, 7) is 8.86. The molecule has 0 spiro atoms. The highest BCUT2D eigenvalue weighted by Crippen LogP contribution is 1.99. The Morgan fingerprint density at radius 1 is 0.800 bits per heavy atom. The molecule has 0 aromatic carbocycles. The molecule has 2 heteroatoms. The molecule has 91 valence electrons. The van der Waals surface area contributed by atoms with Crippen molar-refractivity contribution in [1.82, 2.24) is 0 Å². The van der Waals surface area contributed by atoms with Gasteiger partial charge in [-0.05, 0) is 19.3 Å². The molecule has 0 aliphatic rings. The van der Waals surface area contributed by atoms with Crippen LogP contribution in [0.2, 0.25) is 0 Å². The molecule has 0 saturated carbocycles. The maximum absolute atomic E-state index is 5.45. The first-order valence-corrected chi connectivity index (χ1v) is 6.42. The highest BCUT2D eigenvalue weighted by atomic mass is 16.5. The van der Waals surface area contributed by atoms with E-state index >= 15 is 0 Å². The maximum atomic E-state index is 5.45. The number of hydrogen-bond donors (Lipinski definition) is 0. The molecule has 0 saturated heterocycles. The summed E-state index contributed by atoms with van der Waals surface area (Å²) in [6.07, 6.45) is 8.33.